The van der Waals surface area contributed by atoms with Crippen molar-refractivity contribution in [2.45, 2.75) is 51.0 Å². The van der Waals surface area contributed by atoms with Crippen LogP contribution in [-0.2, 0) is 15.3 Å². The van der Waals surface area contributed by atoms with Gasteiger partial charge in [-0.25, -0.2) is 9.37 Å². The molecule has 36 heavy (non-hydrogen) atoms. The van der Waals surface area contributed by atoms with Gasteiger partial charge in [0.05, 0.1) is 18.1 Å². The van der Waals surface area contributed by atoms with Crippen LogP contribution < -0.4 is 0 Å². The number of imidazole rings is 1. The van der Waals surface area contributed by atoms with Gasteiger partial charge in [0.25, 0.3) is 5.72 Å². The molecule has 8 heteroatoms. The van der Waals surface area contributed by atoms with Gasteiger partial charge in [-0.15, -0.1) is 0 Å². The van der Waals surface area contributed by atoms with E-state index in [1.54, 1.807) is 12.1 Å². The monoisotopic (exact) mass is 490 g/mol. The number of amidine groups is 1. The molecule has 1 aromatic carbocycles. The maximum Gasteiger partial charge on any atom is 0.260 e. The molecule has 0 amide bonds. The summed E-state index contributed by atoms with van der Waals surface area (Å²) in [6.45, 7) is 5.06. The third-order valence-electron chi connectivity index (χ3n) is 7.74. The first-order valence-corrected chi connectivity index (χ1v) is 12.6. The van der Waals surface area contributed by atoms with Crippen LogP contribution in [0.2, 0.25) is 0 Å². The lowest BCUT2D eigenvalue weighted by Crippen LogP contribution is -2.53. The number of hydrogen-bond acceptors (Lipinski definition) is 6. The molecule has 1 aromatic heterocycles. The second-order valence-electron chi connectivity index (χ2n) is 10.3. The summed E-state index contributed by atoms with van der Waals surface area (Å²) >= 11 is 0. The second kappa shape index (κ2) is 8.71. The number of fused-ring (bicyclic) bond motifs is 1. The molecular formula is C28H31FN4O3. The molecule has 3 unspecified atom stereocenters. The fourth-order valence-corrected chi connectivity index (χ4v) is 5.62. The number of allylic oxidation sites excluding steroid dienone is 3. The third-order valence-corrected chi connectivity index (χ3v) is 7.74. The maximum atomic E-state index is 13.6. The van der Waals surface area contributed by atoms with E-state index in [2.05, 4.69) is 43.9 Å². The number of rotatable bonds is 6. The maximum absolute atomic E-state index is 13.6. The molecule has 1 spiro atoms. The molecule has 2 aliphatic heterocycles. The molecule has 2 aliphatic carbocycles. The van der Waals surface area contributed by atoms with E-state index in [0.29, 0.717) is 12.2 Å². The van der Waals surface area contributed by atoms with Crippen LogP contribution >= 0.6 is 0 Å². The number of halogens is 1. The molecule has 7 nitrogen and oxygen atoms in total. The van der Waals surface area contributed by atoms with Crippen LogP contribution in [0.5, 0.6) is 0 Å². The molecule has 188 valence electrons. The van der Waals surface area contributed by atoms with Crippen LogP contribution in [0.1, 0.15) is 43.5 Å². The van der Waals surface area contributed by atoms with Crippen molar-refractivity contribution in [1.82, 2.24) is 14.5 Å². The number of piperidine rings is 1. The number of nitrogens with zero attached hydrogens (tertiary/aromatic N) is 4. The van der Waals surface area contributed by atoms with Gasteiger partial charge in [-0.2, -0.15) is 0 Å². The molecule has 1 saturated heterocycles. The Kier molecular flexibility index (Phi) is 5.61. The van der Waals surface area contributed by atoms with Gasteiger partial charge in [0.2, 0.25) is 0 Å². The quantitative estimate of drug-likeness (QED) is 0.651. The zero-order valence-electron chi connectivity index (χ0n) is 20.6. The van der Waals surface area contributed by atoms with Crippen molar-refractivity contribution in [2.24, 2.45) is 10.6 Å². The summed E-state index contributed by atoms with van der Waals surface area (Å²) in [6.07, 6.45) is 15.5. The number of aromatic nitrogens is 2. The molecule has 0 bridgehead atoms. The zero-order chi connectivity index (χ0) is 24.9. The van der Waals surface area contributed by atoms with E-state index in [4.69, 9.17) is 9.57 Å². The van der Waals surface area contributed by atoms with Gasteiger partial charge in [-0.3, -0.25) is 0 Å². The summed E-state index contributed by atoms with van der Waals surface area (Å²) in [6, 6.07) is 6.16. The van der Waals surface area contributed by atoms with Gasteiger partial charge in [-0.05, 0) is 86.1 Å². The molecule has 3 heterocycles. The van der Waals surface area contributed by atoms with Gasteiger partial charge in [0.15, 0.2) is 5.84 Å². The van der Waals surface area contributed by atoms with Crippen LogP contribution in [0.4, 0.5) is 4.39 Å². The molecule has 6 rings (SSSR count). The lowest BCUT2D eigenvalue weighted by atomic mass is 9.86. The van der Waals surface area contributed by atoms with E-state index >= 15 is 0 Å². The summed E-state index contributed by atoms with van der Waals surface area (Å²) in [5.41, 5.74) is 2.80. The Balaban J connectivity index is 1.33. The Hall–Kier alpha value is -3.23. The van der Waals surface area contributed by atoms with E-state index in [0.717, 1.165) is 48.5 Å². The van der Waals surface area contributed by atoms with Crippen LogP contribution in [0, 0.1) is 18.2 Å². The number of benzene rings is 1. The van der Waals surface area contributed by atoms with Gasteiger partial charge in [0, 0.05) is 24.9 Å². The smallest absolute Gasteiger partial charge is 0.260 e. The average Bonchev–Trinajstić information content (AvgIpc) is 3.29. The first-order valence-electron chi connectivity index (χ1n) is 12.6. The number of ether oxygens (including phenoxy) is 1. The van der Waals surface area contributed by atoms with Crippen molar-refractivity contribution in [3.8, 4) is 0 Å². The summed E-state index contributed by atoms with van der Waals surface area (Å²) in [4.78, 5) is 12.4. The minimum absolute atomic E-state index is 0.0404. The van der Waals surface area contributed by atoms with Gasteiger partial charge < -0.3 is 24.1 Å². The van der Waals surface area contributed by atoms with Crippen LogP contribution in [0.15, 0.2) is 77.4 Å². The molecule has 1 N–H and O–H groups in total. The number of aryl methyl sites for hydroxylation is 1. The topological polar surface area (TPSA) is 72.1 Å². The summed E-state index contributed by atoms with van der Waals surface area (Å²) < 4.78 is 21.8. The molecule has 1 saturated carbocycles. The predicted octanol–water partition coefficient (Wildman–Crippen LogP) is 4.37. The zero-order valence-corrected chi connectivity index (χ0v) is 20.6. The highest BCUT2D eigenvalue weighted by molar-refractivity contribution is 6.01. The fraction of sp³-hybridized carbons (Fsp3) is 0.429. The third kappa shape index (κ3) is 3.89. The second-order valence-corrected chi connectivity index (χ2v) is 10.3. The fourth-order valence-electron chi connectivity index (χ4n) is 5.62. The highest BCUT2D eigenvalue weighted by atomic mass is 19.1. The molecule has 3 atom stereocenters. The lowest BCUT2D eigenvalue weighted by molar-refractivity contribution is -0.141. The van der Waals surface area contributed by atoms with Gasteiger partial charge in [-0.1, -0.05) is 17.3 Å². The van der Waals surface area contributed by atoms with Gasteiger partial charge in [0.1, 0.15) is 18.5 Å². The molecule has 4 aliphatic rings. The number of aliphatic hydroxyl groups is 1. The van der Waals surface area contributed by atoms with Crippen molar-refractivity contribution in [3.63, 3.8) is 0 Å². The first kappa shape index (κ1) is 23.2. The van der Waals surface area contributed by atoms with Crippen molar-refractivity contribution >= 4 is 5.84 Å². The standard InChI is InChI=1S/C28H31FN4O3/c1-3-35-25-13-20(4-9-24(25)32-15-19(2)30-18-32)12-21-14-27(10-11-27)16-33-26(21)31-36-28(33,17-34)22-5-7-23(29)8-6-22/h4-9,12-13,15,18,24-25,34H,3,10-11,14,16-17H2,1-2H3/b21-12+. The minimum atomic E-state index is -1.15. The number of aliphatic hydroxyl groups excluding tert-OH is 1. The summed E-state index contributed by atoms with van der Waals surface area (Å²) in [5.74, 6) is 0.411. The SMILES string of the molecule is CCOC1C=C(/C=C2\CC3(CC3)CN3C2=NOC3(CO)c2ccc(F)cc2)C=CC1n1cnc(C)c1. The summed E-state index contributed by atoms with van der Waals surface area (Å²) in [7, 11) is 0. The number of oxime groups is 1. The lowest BCUT2D eigenvalue weighted by Gasteiger charge is -2.42. The first-order chi connectivity index (χ1) is 17.4. The molecule has 0 radical (unpaired) electrons. The minimum Gasteiger partial charge on any atom is -0.390 e. The Morgan fingerprint density at radius 2 is 2.08 bits per heavy atom. The highest BCUT2D eigenvalue weighted by Crippen LogP contribution is 2.57. The van der Waals surface area contributed by atoms with Crippen LogP contribution in [0.3, 0.4) is 0 Å². The van der Waals surface area contributed by atoms with Crippen molar-refractivity contribution in [3.05, 3.63) is 89.3 Å². The Labute approximate surface area is 210 Å². The van der Waals surface area contributed by atoms with E-state index in [1.165, 1.54) is 12.1 Å². The van der Waals surface area contributed by atoms with Gasteiger partial charge >= 0.3 is 0 Å². The van der Waals surface area contributed by atoms with E-state index in [1.807, 2.05) is 26.4 Å². The predicted molar refractivity (Wildman–Crippen MR) is 133 cm³/mol. The van der Waals surface area contributed by atoms with Crippen LogP contribution in [-0.4, -0.2) is 51.3 Å². The van der Waals surface area contributed by atoms with Crippen LogP contribution in [0.25, 0.3) is 0 Å². The Morgan fingerprint density at radius 3 is 2.75 bits per heavy atom. The largest absolute Gasteiger partial charge is 0.390 e. The highest BCUT2D eigenvalue weighted by Gasteiger charge is 2.58. The van der Waals surface area contributed by atoms with Crippen molar-refractivity contribution in [2.75, 3.05) is 19.8 Å². The van der Waals surface area contributed by atoms with Crippen molar-refractivity contribution in [1.29, 1.82) is 0 Å². The molecular weight excluding hydrogens is 459 g/mol. The Morgan fingerprint density at radius 1 is 1.28 bits per heavy atom. The summed E-state index contributed by atoms with van der Waals surface area (Å²) in [5, 5.41) is 15.0. The Bertz CT molecular complexity index is 1270. The van der Waals surface area contributed by atoms with E-state index in [9.17, 15) is 9.50 Å². The normalized spacial score (nSPS) is 29.2. The van der Waals surface area contributed by atoms with E-state index < -0.39 is 5.72 Å². The average molecular weight is 491 g/mol. The molecule has 2 fully saturated rings. The number of hydrogen-bond donors (Lipinski definition) is 1. The van der Waals surface area contributed by atoms with E-state index in [-0.39, 0.29) is 30.0 Å². The molecule has 2 aromatic rings. The van der Waals surface area contributed by atoms with Crippen molar-refractivity contribution < 1.29 is 19.1 Å².